The molecular formula is C16H19N7. The van der Waals surface area contributed by atoms with Crippen molar-refractivity contribution in [2.45, 2.75) is 18.9 Å². The summed E-state index contributed by atoms with van der Waals surface area (Å²) in [6.07, 6.45) is 2.55. The third-order valence-electron chi connectivity index (χ3n) is 4.31. The number of benzene rings is 1. The fourth-order valence-electron chi connectivity index (χ4n) is 3.13. The molecule has 0 unspecified atom stereocenters. The normalized spacial score (nSPS) is 16.7. The highest BCUT2D eigenvalue weighted by atomic mass is 15.6. The van der Waals surface area contributed by atoms with E-state index in [2.05, 4.69) is 61.2 Å². The summed E-state index contributed by atoms with van der Waals surface area (Å²) in [7, 11) is 0. The summed E-state index contributed by atoms with van der Waals surface area (Å²) in [5.41, 5.74) is 1.99. The number of nitrogens with one attached hydrogen (secondary N) is 1. The van der Waals surface area contributed by atoms with E-state index in [1.165, 1.54) is 23.0 Å². The molecule has 1 aromatic carbocycles. The highest BCUT2D eigenvalue weighted by molar-refractivity contribution is 5.42. The van der Waals surface area contributed by atoms with Crippen LogP contribution in [-0.4, -0.2) is 49.8 Å². The number of likely N-dealkylation sites (tertiary alicyclic amines) is 1. The van der Waals surface area contributed by atoms with E-state index in [9.17, 15) is 0 Å². The first kappa shape index (κ1) is 14.1. The first-order valence-corrected chi connectivity index (χ1v) is 7.98. The maximum atomic E-state index is 4.38. The molecule has 1 aliphatic rings. The van der Waals surface area contributed by atoms with Crippen LogP contribution >= 0.6 is 0 Å². The van der Waals surface area contributed by atoms with E-state index in [0.29, 0.717) is 11.7 Å². The summed E-state index contributed by atoms with van der Waals surface area (Å²) in [5, 5.41) is 19.1. The van der Waals surface area contributed by atoms with E-state index in [4.69, 9.17) is 0 Å². The van der Waals surface area contributed by atoms with Crippen LogP contribution in [0.5, 0.6) is 0 Å². The number of fused-ring (bicyclic) bond motifs is 1. The predicted octanol–water partition coefficient (Wildman–Crippen LogP) is 1.77. The highest BCUT2D eigenvalue weighted by Gasteiger charge is 2.23. The molecule has 0 radical (unpaired) electrons. The Morgan fingerprint density at radius 1 is 1.04 bits per heavy atom. The highest BCUT2D eigenvalue weighted by Crippen LogP contribution is 2.25. The molecule has 1 N–H and O–H groups in total. The Bertz CT molecular complexity index is 764. The van der Waals surface area contributed by atoms with E-state index < -0.39 is 0 Å². The van der Waals surface area contributed by atoms with Gasteiger partial charge in [-0.2, -0.15) is 0 Å². The van der Waals surface area contributed by atoms with Gasteiger partial charge in [0.2, 0.25) is 0 Å². The molecule has 3 heterocycles. The van der Waals surface area contributed by atoms with Crippen LogP contribution in [0.25, 0.3) is 5.65 Å². The fourth-order valence-corrected chi connectivity index (χ4v) is 3.13. The minimum atomic E-state index is 0.352. The van der Waals surface area contributed by atoms with Crippen LogP contribution < -0.4 is 5.32 Å². The molecule has 1 saturated heterocycles. The summed E-state index contributed by atoms with van der Waals surface area (Å²) >= 11 is 0. The zero-order valence-electron chi connectivity index (χ0n) is 12.8. The van der Waals surface area contributed by atoms with E-state index in [1.54, 1.807) is 0 Å². The lowest BCUT2D eigenvalue weighted by molar-refractivity contribution is 0.256. The molecule has 0 saturated carbocycles. The third kappa shape index (κ3) is 3.00. The Morgan fingerprint density at radius 2 is 1.87 bits per heavy atom. The monoisotopic (exact) mass is 309 g/mol. The topological polar surface area (TPSA) is 71.2 Å². The van der Waals surface area contributed by atoms with Crippen LogP contribution in [0.15, 0.2) is 42.5 Å². The van der Waals surface area contributed by atoms with Crippen molar-refractivity contribution < 1.29 is 0 Å². The summed E-state index contributed by atoms with van der Waals surface area (Å²) < 4.78 is 1.44. The van der Waals surface area contributed by atoms with Crippen LogP contribution in [0.4, 0.5) is 5.82 Å². The Morgan fingerprint density at radius 3 is 2.70 bits per heavy atom. The van der Waals surface area contributed by atoms with Crippen LogP contribution in [-0.2, 0) is 0 Å². The van der Waals surface area contributed by atoms with Crippen molar-refractivity contribution >= 4 is 11.5 Å². The Balaban J connectivity index is 1.52. The second-order valence-corrected chi connectivity index (χ2v) is 5.80. The summed E-state index contributed by atoms with van der Waals surface area (Å²) in [6, 6.07) is 14.8. The number of hydrogen-bond donors (Lipinski definition) is 1. The van der Waals surface area contributed by atoms with Crippen molar-refractivity contribution in [1.29, 1.82) is 0 Å². The predicted molar refractivity (Wildman–Crippen MR) is 87.1 cm³/mol. The minimum absolute atomic E-state index is 0.352. The maximum Gasteiger partial charge on any atom is 0.200 e. The zero-order valence-corrected chi connectivity index (χ0v) is 12.8. The molecule has 3 aromatic rings. The van der Waals surface area contributed by atoms with Gasteiger partial charge in [-0.05, 0) is 54.1 Å². The van der Waals surface area contributed by atoms with Crippen molar-refractivity contribution in [3.05, 3.63) is 48.0 Å². The van der Waals surface area contributed by atoms with Crippen LogP contribution in [0.2, 0.25) is 0 Å². The van der Waals surface area contributed by atoms with Crippen molar-refractivity contribution in [3.8, 4) is 0 Å². The number of rotatable bonds is 5. The van der Waals surface area contributed by atoms with Gasteiger partial charge in [0.1, 0.15) is 5.82 Å². The lowest BCUT2D eigenvalue weighted by Crippen LogP contribution is -2.31. The Labute approximate surface area is 134 Å². The van der Waals surface area contributed by atoms with Crippen molar-refractivity contribution in [2.24, 2.45) is 0 Å². The quantitative estimate of drug-likeness (QED) is 0.774. The molecule has 0 spiro atoms. The van der Waals surface area contributed by atoms with Gasteiger partial charge >= 0.3 is 0 Å². The minimum Gasteiger partial charge on any atom is -0.367 e. The first-order valence-electron chi connectivity index (χ1n) is 7.98. The SMILES string of the molecule is c1ccc([C@H](CNc2ccc3nnnn3n2)N2CCCC2)cc1. The summed E-state index contributed by atoms with van der Waals surface area (Å²) in [6.45, 7) is 3.12. The standard InChI is InChI=1S/C16H19N7/c1-2-6-13(7-3-1)14(22-10-4-5-11-22)12-17-15-8-9-16-18-20-21-23(16)19-15/h1-3,6-9,14H,4-5,10-12H2,(H,17,19)/t14-/m0/s1. The van der Waals surface area contributed by atoms with E-state index in [0.717, 1.165) is 25.5 Å². The van der Waals surface area contributed by atoms with E-state index >= 15 is 0 Å². The number of hydrogen-bond acceptors (Lipinski definition) is 6. The van der Waals surface area contributed by atoms with Crippen molar-refractivity contribution in [2.75, 3.05) is 25.0 Å². The van der Waals surface area contributed by atoms with Gasteiger partial charge in [0.25, 0.3) is 0 Å². The number of tetrazole rings is 1. The molecule has 0 bridgehead atoms. The summed E-state index contributed by atoms with van der Waals surface area (Å²) in [5.74, 6) is 0.782. The van der Waals surface area contributed by atoms with E-state index in [1.807, 2.05) is 12.1 Å². The molecule has 1 fully saturated rings. The lowest BCUT2D eigenvalue weighted by atomic mass is 10.1. The second kappa shape index (κ2) is 6.29. The molecule has 0 aliphatic carbocycles. The van der Waals surface area contributed by atoms with Gasteiger partial charge in [0.05, 0.1) is 6.04 Å². The maximum absolute atomic E-state index is 4.38. The number of nitrogens with zero attached hydrogens (tertiary/aromatic N) is 6. The molecule has 7 nitrogen and oxygen atoms in total. The van der Waals surface area contributed by atoms with Gasteiger partial charge in [-0.15, -0.1) is 14.8 Å². The molecule has 118 valence electrons. The van der Waals surface area contributed by atoms with Crippen LogP contribution in [0, 0.1) is 0 Å². The van der Waals surface area contributed by atoms with Gasteiger partial charge in [-0.25, -0.2) is 0 Å². The largest absolute Gasteiger partial charge is 0.367 e. The molecule has 1 aliphatic heterocycles. The Hall–Kier alpha value is -2.54. The average Bonchev–Trinajstić information content (AvgIpc) is 3.27. The van der Waals surface area contributed by atoms with Crippen LogP contribution in [0.1, 0.15) is 24.4 Å². The van der Waals surface area contributed by atoms with Gasteiger partial charge < -0.3 is 5.32 Å². The van der Waals surface area contributed by atoms with Crippen molar-refractivity contribution in [3.63, 3.8) is 0 Å². The van der Waals surface area contributed by atoms with Crippen molar-refractivity contribution in [1.82, 2.24) is 30.2 Å². The summed E-state index contributed by atoms with van der Waals surface area (Å²) in [4.78, 5) is 2.54. The van der Waals surface area contributed by atoms with E-state index in [-0.39, 0.29) is 0 Å². The molecule has 0 amide bonds. The third-order valence-corrected chi connectivity index (χ3v) is 4.31. The zero-order chi connectivity index (χ0) is 15.5. The Kier molecular flexibility index (Phi) is 3.85. The molecule has 7 heteroatoms. The first-order chi connectivity index (χ1) is 11.4. The average molecular weight is 309 g/mol. The second-order valence-electron chi connectivity index (χ2n) is 5.80. The van der Waals surface area contributed by atoms with Gasteiger partial charge in [0, 0.05) is 6.54 Å². The smallest absolute Gasteiger partial charge is 0.200 e. The number of anilines is 1. The van der Waals surface area contributed by atoms with Crippen LogP contribution in [0.3, 0.4) is 0 Å². The van der Waals surface area contributed by atoms with Gasteiger partial charge in [0.15, 0.2) is 5.65 Å². The molecule has 2 aromatic heterocycles. The van der Waals surface area contributed by atoms with Gasteiger partial charge in [-0.1, -0.05) is 30.3 Å². The molecule has 4 rings (SSSR count). The fraction of sp³-hybridized carbons (Fsp3) is 0.375. The lowest BCUT2D eigenvalue weighted by Gasteiger charge is -2.28. The molecule has 23 heavy (non-hydrogen) atoms. The van der Waals surface area contributed by atoms with Gasteiger partial charge in [-0.3, -0.25) is 4.90 Å². The number of aromatic nitrogens is 5. The molecule has 1 atom stereocenters. The molecular weight excluding hydrogens is 290 g/mol.